The highest BCUT2D eigenvalue weighted by Gasteiger charge is 2.50. The maximum Gasteiger partial charge on any atom is 0.362 e. The molecule has 0 radical (unpaired) electrons. The molecule has 0 aliphatic rings. The Morgan fingerprint density at radius 3 is 1.58 bits per heavy atom. The van der Waals surface area contributed by atoms with E-state index in [0.29, 0.717) is 6.42 Å². The molecule has 0 heterocycles. The number of hydrogen-bond donors (Lipinski definition) is 2. The zero-order chi connectivity index (χ0) is 23.9. The van der Waals surface area contributed by atoms with E-state index in [9.17, 15) is 29.7 Å². The predicted octanol–water partition coefficient (Wildman–Crippen LogP) is 3.76. The van der Waals surface area contributed by atoms with Crippen molar-refractivity contribution < 1.29 is 34.2 Å². The van der Waals surface area contributed by atoms with Gasteiger partial charge in [0.15, 0.2) is 12.1 Å². The first-order valence-corrected chi connectivity index (χ1v) is 11.8. The highest BCUT2D eigenvalue weighted by atomic mass is 16.4. The van der Waals surface area contributed by atoms with Gasteiger partial charge in [0.1, 0.15) is 6.04 Å². The molecule has 0 aromatic carbocycles. The second kappa shape index (κ2) is 15.8. The lowest BCUT2D eigenvalue weighted by Gasteiger charge is -2.49. The van der Waals surface area contributed by atoms with E-state index >= 15 is 0 Å². The van der Waals surface area contributed by atoms with Gasteiger partial charge in [-0.15, -0.1) is 0 Å². The van der Waals surface area contributed by atoms with E-state index in [4.69, 9.17) is 0 Å². The van der Waals surface area contributed by atoms with E-state index in [0.717, 1.165) is 12.8 Å². The second-order valence-electron chi connectivity index (χ2n) is 8.62. The van der Waals surface area contributed by atoms with Crippen LogP contribution in [0.2, 0.25) is 0 Å². The maximum absolute atomic E-state index is 11.7. The molecular weight excluding hydrogens is 398 g/mol. The van der Waals surface area contributed by atoms with Crippen molar-refractivity contribution in [1.29, 1.82) is 0 Å². The molecule has 0 aliphatic carbocycles. The first kappa shape index (κ1) is 29.1. The monoisotopic (exact) mass is 441 g/mol. The second-order valence-corrected chi connectivity index (χ2v) is 8.62. The van der Waals surface area contributed by atoms with Gasteiger partial charge in [-0.25, -0.2) is 9.59 Å². The van der Waals surface area contributed by atoms with Crippen molar-refractivity contribution in [1.82, 2.24) is 0 Å². The number of carboxylic acid groups (broad SMARTS) is 3. The van der Waals surface area contributed by atoms with Gasteiger partial charge in [0.05, 0.1) is 12.5 Å². The number of rotatable bonds is 19. The van der Waals surface area contributed by atoms with Crippen LogP contribution in [-0.4, -0.2) is 57.3 Å². The summed E-state index contributed by atoms with van der Waals surface area (Å²) in [7, 11) is 0. The van der Waals surface area contributed by atoms with Gasteiger partial charge in [0.2, 0.25) is 0 Å². The minimum atomic E-state index is -1.44. The molecule has 0 aromatic rings. The normalized spacial score (nSPS) is 16.5. The first-order valence-electron chi connectivity index (χ1n) is 11.8. The van der Waals surface area contributed by atoms with Gasteiger partial charge in [-0.05, 0) is 33.6 Å². The van der Waals surface area contributed by atoms with Crippen molar-refractivity contribution in [2.24, 2.45) is 0 Å². The lowest BCUT2D eigenvalue weighted by molar-refractivity contribution is -0.969. The van der Waals surface area contributed by atoms with Crippen molar-refractivity contribution in [3.05, 3.63) is 12.2 Å². The molecule has 31 heavy (non-hydrogen) atoms. The van der Waals surface area contributed by atoms with Crippen LogP contribution < -0.4 is 5.11 Å². The topological polar surface area (TPSA) is 115 Å². The Balaban J connectivity index is 4.72. The van der Waals surface area contributed by atoms with E-state index in [2.05, 4.69) is 6.92 Å². The standard InChI is InChI=1S/C24H43NO6/c1-5-6-7-8-9-10-11-12-13-14-15-16-17-18-25(19(2)22(26)27,20(3)23(28)29)21(4)24(30)31/h15-16,19-21H,5-14,17-18H2,1-4H3,(H2-,26,27,28,29,30,31)/b16-15+. The SMILES string of the molecule is CCCCCCCCCCC/C=C/CC[N+](C(C)C(=O)[O-])(C(C)C(=O)O)C(C)C(=O)O. The summed E-state index contributed by atoms with van der Waals surface area (Å²) in [5.41, 5.74) is 0. The van der Waals surface area contributed by atoms with Crippen LogP contribution in [0, 0.1) is 0 Å². The van der Waals surface area contributed by atoms with Gasteiger partial charge in [-0.1, -0.05) is 70.4 Å². The van der Waals surface area contributed by atoms with Crippen LogP contribution in [0.1, 0.15) is 98.3 Å². The summed E-state index contributed by atoms with van der Waals surface area (Å²) in [5.74, 6) is -3.89. The van der Waals surface area contributed by atoms with Crippen molar-refractivity contribution in [2.45, 2.75) is 116 Å². The van der Waals surface area contributed by atoms with Crippen molar-refractivity contribution >= 4 is 17.9 Å². The fourth-order valence-electron chi connectivity index (χ4n) is 4.30. The molecule has 3 atom stereocenters. The number of aliphatic carboxylic acids is 3. The first-order chi connectivity index (χ1) is 14.6. The third-order valence-corrected chi connectivity index (χ3v) is 6.54. The van der Waals surface area contributed by atoms with Crippen LogP contribution in [0.5, 0.6) is 0 Å². The quantitative estimate of drug-likeness (QED) is 0.179. The molecule has 0 saturated heterocycles. The average Bonchev–Trinajstić information content (AvgIpc) is 2.72. The zero-order valence-corrected chi connectivity index (χ0v) is 19.8. The average molecular weight is 442 g/mol. The van der Waals surface area contributed by atoms with Gasteiger partial charge >= 0.3 is 11.9 Å². The summed E-state index contributed by atoms with van der Waals surface area (Å²) in [5, 5.41) is 30.7. The Kier molecular flexibility index (Phi) is 14.9. The molecule has 3 unspecified atom stereocenters. The van der Waals surface area contributed by atoms with Crippen LogP contribution in [-0.2, 0) is 14.4 Å². The molecular formula is C24H43NO6. The number of carboxylic acids is 3. The Hall–Kier alpha value is -1.89. The van der Waals surface area contributed by atoms with Gasteiger partial charge in [-0.2, -0.15) is 0 Å². The molecule has 7 nitrogen and oxygen atoms in total. The van der Waals surface area contributed by atoms with Crippen LogP contribution >= 0.6 is 0 Å². The lowest BCUT2D eigenvalue weighted by atomic mass is 10.0. The Labute approximate surface area is 187 Å². The Morgan fingerprint density at radius 2 is 1.16 bits per heavy atom. The van der Waals surface area contributed by atoms with Crippen LogP contribution in [0.4, 0.5) is 0 Å². The molecule has 0 fully saturated rings. The largest absolute Gasteiger partial charge is 0.544 e. The Morgan fingerprint density at radius 1 is 0.742 bits per heavy atom. The van der Waals surface area contributed by atoms with Gasteiger partial charge in [0.25, 0.3) is 0 Å². The number of carbonyl (C=O) groups is 3. The third-order valence-electron chi connectivity index (χ3n) is 6.54. The molecule has 0 spiro atoms. The molecule has 7 heteroatoms. The molecule has 0 amide bonds. The highest BCUT2D eigenvalue weighted by molar-refractivity contribution is 5.76. The molecule has 0 bridgehead atoms. The number of carbonyl (C=O) groups excluding carboxylic acids is 1. The van der Waals surface area contributed by atoms with Crippen molar-refractivity contribution in [2.75, 3.05) is 6.54 Å². The van der Waals surface area contributed by atoms with Crippen molar-refractivity contribution in [3.63, 3.8) is 0 Å². The number of unbranched alkanes of at least 4 members (excludes halogenated alkanes) is 9. The lowest BCUT2D eigenvalue weighted by Crippen LogP contribution is -2.71. The summed E-state index contributed by atoms with van der Waals surface area (Å²) in [6, 6.07) is -3.64. The molecule has 0 rings (SSSR count). The molecule has 0 aromatic heterocycles. The van der Waals surface area contributed by atoms with Crippen molar-refractivity contribution in [3.8, 4) is 0 Å². The number of hydrogen-bond acceptors (Lipinski definition) is 4. The van der Waals surface area contributed by atoms with Gasteiger partial charge < -0.3 is 20.1 Å². The summed E-state index contributed by atoms with van der Waals surface area (Å²) < 4.78 is -0.588. The Bertz CT molecular complexity index is 524. The number of nitrogens with zero attached hydrogens (tertiary/aromatic N) is 1. The molecule has 0 aliphatic heterocycles. The summed E-state index contributed by atoms with van der Waals surface area (Å²) in [6.45, 7) is 6.39. The zero-order valence-electron chi connectivity index (χ0n) is 19.8. The molecule has 0 saturated carbocycles. The fourth-order valence-corrected chi connectivity index (χ4v) is 4.30. The third kappa shape index (κ3) is 9.85. The number of quaternary nitrogens is 1. The number of allylic oxidation sites excluding steroid dienone is 1. The molecule has 180 valence electrons. The highest BCUT2D eigenvalue weighted by Crippen LogP contribution is 2.26. The summed E-state index contributed by atoms with van der Waals surface area (Å²) in [4.78, 5) is 35.0. The van der Waals surface area contributed by atoms with E-state index in [1.165, 1.54) is 72.1 Å². The minimum absolute atomic E-state index is 0.102. The fraction of sp³-hybridized carbons (Fsp3) is 0.792. The van der Waals surface area contributed by atoms with E-state index < -0.39 is 40.5 Å². The van der Waals surface area contributed by atoms with Gasteiger partial charge in [-0.3, -0.25) is 4.48 Å². The van der Waals surface area contributed by atoms with E-state index in [1.54, 1.807) is 0 Å². The smallest absolute Gasteiger partial charge is 0.362 e. The predicted molar refractivity (Wildman–Crippen MR) is 119 cm³/mol. The maximum atomic E-state index is 11.7. The van der Waals surface area contributed by atoms with Crippen LogP contribution in [0.3, 0.4) is 0 Å². The minimum Gasteiger partial charge on any atom is -0.544 e. The summed E-state index contributed by atoms with van der Waals surface area (Å²) >= 11 is 0. The van der Waals surface area contributed by atoms with Crippen LogP contribution in [0.15, 0.2) is 12.2 Å². The molecule has 2 N–H and O–H groups in total. The van der Waals surface area contributed by atoms with E-state index in [-0.39, 0.29) is 6.54 Å². The summed E-state index contributed by atoms with van der Waals surface area (Å²) in [6.07, 6.45) is 16.5. The van der Waals surface area contributed by atoms with Gasteiger partial charge in [0, 0.05) is 6.42 Å². The van der Waals surface area contributed by atoms with Crippen LogP contribution in [0.25, 0.3) is 0 Å². The van der Waals surface area contributed by atoms with E-state index in [1.807, 2.05) is 12.2 Å².